The van der Waals surface area contributed by atoms with Gasteiger partial charge in [-0.15, -0.1) is 10.2 Å². The summed E-state index contributed by atoms with van der Waals surface area (Å²) in [6, 6.07) is 22.4. The molecule has 3 heterocycles. The second kappa shape index (κ2) is 9.41. The molecule has 0 saturated carbocycles. The number of fused-ring (bicyclic) bond motifs is 3. The lowest BCUT2D eigenvalue weighted by atomic mass is 10.1. The Morgan fingerprint density at radius 3 is 2.38 bits per heavy atom. The summed E-state index contributed by atoms with van der Waals surface area (Å²) in [5.41, 5.74) is 3.66. The Balaban J connectivity index is 1.41. The standard InChI is InChI=1S/C27H25ClN6O2S/c1-19-7-9-20(10-8-19)25-30-31-26-23-5-2-3-6-24(23)29-27(34(25)26)32-15-4-16-33(18-17-32)37(35,36)22-13-11-21(28)12-14-22/h2-3,5-14H,4,15-18H2,1H3. The zero-order chi connectivity index (χ0) is 25.6. The Hall–Kier alpha value is -3.53. The van der Waals surface area contributed by atoms with Crippen molar-refractivity contribution in [3.63, 3.8) is 0 Å². The molecular weight excluding hydrogens is 508 g/mol. The summed E-state index contributed by atoms with van der Waals surface area (Å²) >= 11 is 5.97. The van der Waals surface area contributed by atoms with Crippen LogP contribution < -0.4 is 4.90 Å². The van der Waals surface area contributed by atoms with Gasteiger partial charge in [0.2, 0.25) is 16.0 Å². The van der Waals surface area contributed by atoms with Gasteiger partial charge in [-0.2, -0.15) is 4.31 Å². The molecule has 3 aromatic carbocycles. The SMILES string of the molecule is Cc1ccc(-c2nnc3c4ccccc4nc(N4CCCN(S(=O)(=O)c5ccc(Cl)cc5)CC4)n23)cc1. The minimum atomic E-state index is -3.63. The van der Waals surface area contributed by atoms with Crippen molar-refractivity contribution in [2.75, 3.05) is 31.1 Å². The van der Waals surface area contributed by atoms with Gasteiger partial charge in [-0.1, -0.05) is 53.6 Å². The van der Waals surface area contributed by atoms with Gasteiger partial charge in [0.05, 0.1) is 10.4 Å². The molecule has 0 spiro atoms. The summed E-state index contributed by atoms with van der Waals surface area (Å²) in [6.45, 7) is 3.94. The fourth-order valence-electron chi connectivity index (χ4n) is 4.76. The van der Waals surface area contributed by atoms with Crippen LogP contribution in [0.1, 0.15) is 12.0 Å². The van der Waals surface area contributed by atoms with Gasteiger partial charge < -0.3 is 4.90 Å². The number of para-hydroxylation sites is 1. The molecule has 5 aromatic rings. The van der Waals surface area contributed by atoms with Crippen LogP contribution in [-0.4, -0.2) is 58.5 Å². The van der Waals surface area contributed by atoms with E-state index in [1.165, 1.54) is 0 Å². The van der Waals surface area contributed by atoms with Crippen LogP contribution in [-0.2, 0) is 10.0 Å². The highest BCUT2D eigenvalue weighted by Crippen LogP contribution is 2.29. The third-order valence-electron chi connectivity index (χ3n) is 6.73. The zero-order valence-electron chi connectivity index (χ0n) is 20.2. The van der Waals surface area contributed by atoms with Crippen molar-refractivity contribution in [2.24, 2.45) is 0 Å². The molecule has 0 aliphatic carbocycles. The number of hydrogen-bond donors (Lipinski definition) is 0. The van der Waals surface area contributed by atoms with Gasteiger partial charge >= 0.3 is 0 Å². The van der Waals surface area contributed by atoms with Crippen molar-refractivity contribution in [1.82, 2.24) is 23.9 Å². The monoisotopic (exact) mass is 532 g/mol. The molecule has 1 aliphatic rings. The highest BCUT2D eigenvalue weighted by molar-refractivity contribution is 7.89. The quantitative estimate of drug-likeness (QED) is 0.330. The Labute approximate surface area is 220 Å². The van der Waals surface area contributed by atoms with Gasteiger partial charge in [-0.25, -0.2) is 17.8 Å². The Morgan fingerprint density at radius 1 is 0.838 bits per heavy atom. The van der Waals surface area contributed by atoms with E-state index < -0.39 is 10.0 Å². The molecule has 1 saturated heterocycles. The first kappa shape index (κ1) is 23.8. The number of rotatable bonds is 4. The minimum Gasteiger partial charge on any atom is -0.340 e. The lowest BCUT2D eigenvalue weighted by Gasteiger charge is -2.24. The minimum absolute atomic E-state index is 0.247. The van der Waals surface area contributed by atoms with E-state index in [1.807, 2.05) is 47.7 Å². The number of benzene rings is 3. The number of anilines is 1. The van der Waals surface area contributed by atoms with E-state index in [9.17, 15) is 8.42 Å². The number of halogens is 1. The van der Waals surface area contributed by atoms with Crippen molar-refractivity contribution in [2.45, 2.75) is 18.2 Å². The molecule has 6 rings (SSSR count). The van der Waals surface area contributed by atoms with E-state index >= 15 is 0 Å². The first-order valence-electron chi connectivity index (χ1n) is 12.1. The van der Waals surface area contributed by atoms with Crippen LogP contribution in [0, 0.1) is 6.92 Å². The maximum Gasteiger partial charge on any atom is 0.243 e. The smallest absolute Gasteiger partial charge is 0.243 e. The highest BCUT2D eigenvalue weighted by Gasteiger charge is 2.29. The van der Waals surface area contributed by atoms with Crippen LogP contribution in [0.15, 0.2) is 77.7 Å². The van der Waals surface area contributed by atoms with Crippen molar-refractivity contribution in [3.8, 4) is 11.4 Å². The number of hydrogen-bond acceptors (Lipinski definition) is 6. The maximum absolute atomic E-state index is 13.3. The van der Waals surface area contributed by atoms with E-state index in [2.05, 4.69) is 27.2 Å². The average molecular weight is 533 g/mol. The fourth-order valence-corrected chi connectivity index (χ4v) is 6.35. The number of sulfonamides is 1. The van der Waals surface area contributed by atoms with Crippen LogP contribution in [0.3, 0.4) is 0 Å². The summed E-state index contributed by atoms with van der Waals surface area (Å²) < 4.78 is 30.2. The largest absolute Gasteiger partial charge is 0.340 e. The summed E-state index contributed by atoms with van der Waals surface area (Å²) in [5, 5.41) is 10.5. The zero-order valence-corrected chi connectivity index (χ0v) is 21.8. The van der Waals surface area contributed by atoms with Crippen LogP contribution in [0.2, 0.25) is 5.02 Å². The molecule has 0 amide bonds. The van der Waals surface area contributed by atoms with Gasteiger partial charge in [0.1, 0.15) is 0 Å². The maximum atomic E-state index is 13.3. The normalized spacial score (nSPS) is 15.4. The first-order valence-corrected chi connectivity index (χ1v) is 14.0. The summed E-state index contributed by atoms with van der Waals surface area (Å²) in [5.74, 6) is 1.41. The molecule has 1 fully saturated rings. The molecular formula is C27H25ClN6O2S. The Bertz CT molecular complexity index is 1700. The molecule has 0 atom stereocenters. The van der Waals surface area contributed by atoms with E-state index in [0.717, 1.165) is 27.7 Å². The molecule has 1 aliphatic heterocycles. The van der Waals surface area contributed by atoms with E-state index in [-0.39, 0.29) is 4.90 Å². The lowest BCUT2D eigenvalue weighted by molar-refractivity contribution is 0.433. The third-order valence-corrected chi connectivity index (χ3v) is 8.89. The van der Waals surface area contributed by atoms with E-state index in [0.29, 0.717) is 49.4 Å². The van der Waals surface area contributed by atoms with E-state index in [4.69, 9.17) is 16.6 Å². The first-order chi connectivity index (χ1) is 17.9. The van der Waals surface area contributed by atoms with Crippen molar-refractivity contribution in [1.29, 1.82) is 0 Å². The number of aryl methyl sites for hydroxylation is 1. The van der Waals surface area contributed by atoms with Crippen LogP contribution >= 0.6 is 11.6 Å². The van der Waals surface area contributed by atoms with Crippen molar-refractivity contribution in [3.05, 3.63) is 83.4 Å². The lowest BCUT2D eigenvalue weighted by Crippen LogP contribution is -2.36. The van der Waals surface area contributed by atoms with Crippen LogP contribution in [0.5, 0.6) is 0 Å². The number of aromatic nitrogens is 4. The molecule has 0 unspecified atom stereocenters. The van der Waals surface area contributed by atoms with Crippen molar-refractivity contribution < 1.29 is 8.42 Å². The predicted octanol–water partition coefficient (Wildman–Crippen LogP) is 4.81. The second-order valence-electron chi connectivity index (χ2n) is 9.18. The Kier molecular flexibility index (Phi) is 6.06. The van der Waals surface area contributed by atoms with Crippen LogP contribution in [0.4, 0.5) is 5.95 Å². The molecule has 10 heteroatoms. The third kappa shape index (κ3) is 4.33. The van der Waals surface area contributed by atoms with E-state index in [1.54, 1.807) is 28.6 Å². The van der Waals surface area contributed by atoms with Crippen LogP contribution in [0.25, 0.3) is 27.9 Å². The topological polar surface area (TPSA) is 83.7 Å². The predicted molar refractivity (Wildman–Crippen MR) is 146 cm³/mol. The summed E-state index contributed by atoms with van der Waals surface area (Å²) in [4.78, 5) is 7.41. The average Bonchev–Trinajstić information content (AvgIpc) is 3.19. The van der Waals surface area contributed by atoms with Crippen molar-refractivity contribution >= 4 is 44.1 Å². The molecule has 2 aromatic heterocycles. The van der Waals surface area contributed by atoms with Gasteiger partial charge in [-0.3, -0.25) is 0 Å². The van der Waals surface area contributed by atoms with Gasteiger partial charge in [0.25, 0.3) is 0 Å². The second-order valence-corrected chi connectivity index (χ2v) is 11.6. The van der Waals surface area contributed by atoms with Gasteiger partial charge in [0.15, 0.2) is 11.5 Å². The van der Waals surface area contributed by atoms with Gasteiger partial charge in [-0.05, 0) is 49.7 Å². The van der Waals surface area contributed by atoms with Gasteiger partial charge in [0, 0.05) is 42.2 Å². The molecule has 0 bridgehead atoms. The highest BCUT2D eigenvalue weighted by atomic mass is 35.5. The molecule has 37 heavy (non-hydrogen) atoms. The molecule has 188 valence electrons. The molecule has 0 radical (unpaired) electrons. The number of nitrogens with zero attached hydrogens (tertiary/aromatic N) is 6. The summed E-state index contributed by atoms with van der Waals surface area (Å²) in [7, 11) is -3.63. The fraction of sp³-hybridized carbons (Fsp3) is 0.222. The molecule has 8 nitrogen and oxygen atoms in total. The molecule has 0 N–H and O–H groups in total. The Morgan fingerprint density at radius 2 is 1.59 bits per heavy atom. The summed E-state index contributed by atoms with van der Waals surface area (Å²) in [6.07, 6.45) is 0.658.